The van der Waals surface area contributed by atoms with Gasteiger partial charge in [0, 0.05) is 6.04 Å². The molecule has 0 spiro atoms. The van der Waals surface area contributed by atoms with E-state index in [0.717, 1.165) is 0 Å². The van der Waals surface area contributed by atoms with Crippen molar-refractivity contribution in [3.63, 3.8) is 0 Å². The van der Waals surface area contributed by atoms with Crippen molar-refractivity contribution >= 4 is 6.08 Å². The summed E-state index contributed by atoms with van der Waals surface area (Å²) >= 11 is 0. The van der Waals surface area contributed by atoms with Gasteiger partial charge in [-0.05, 0) is 36.4 Å². The van der Waals surface area contributed by atoms with Crippen LogP contribution < -0.4 is 5.32 Å². The van der Waals surface area contributed by atoms with Gasteiger partial charge in [-0.3, -0.25) is 0 Å². The lowest BCUT2D eigenvalue weighted by molar-refractivity contribution is 0.517. The van der Waals surface area contributed by atoms with Crippen LogP contribution in [-0.2, 0) is 0 Å². The van der Waals surface area contributed by atoms with Crippen molar-refractivity contribution in [3.8, 4) is 0 Å². The lowest BCUT2D eigenvalue weighted by Gasteiger charge is -2.20. The minimum Gasteiger partial charge on any atom is -0.313 e. The second kappa shape index (κ2) is 4.63. The molecule has 15 heavy (non-hydrogen) atoms. The first-order valence-electron chi connectivity index (χ1n) is 5.77. The van der Waals surface area contributed by atoms with Crippen LogP contribution in [0.15, 0.2) is 30.8 Å². The summed E-state index contributed by atoms with van der Waals surface area (Å²) in [7, 11) is 0. The first-order chi connectivity index (χ1) is 7.31. The summed E-state index contributed by atoms with van der Waals surface area (Å²) < 4.78 is 0. The molecule has 0 radical (unpaired) electrons. The van der Waals surface area contributed by atoms with Crippen molar-refractivity contribution in [2.75, 3.05) is 6.54 Å². The number of rotatable bonds is 3. The average molecular weight is 201 g/mol. The molecule has 1 nitrogen and oxygen atoms in total. The molecule has 0 saturated carbocycles. The van der Waals surface area contributed by atoms with E-state index in [-0.39, 0.29) is 0 Å². The van der Waals surface area contributed by atoms with Crippen molar-refractivity contribution in [1.82, 2.24) is 5.32 Å². The highest BCUT2D eigenvalue weighted by molar-refractivity contribution is 5.48. The van der Waals surface area contributed by atoms with Crippen molar-refractivity contribution in [3.05, 3.63) is 42.0 Å². The van der Waals surface area contributed by atoms with Crippen LogP contribution in [0.4, 0.5) is 0 Å². The molecule has 1 heterocycles. The molecular weight excluding hydrogens is 182 g/mol. The molecule has 80 valence electrons. The third kappa shape index (κ3) is 2.29. The van der Waals surface area contributed by atoms with Crippen molar-refractivity contribution in [2.45, 2.75) is 31.7 Å². The molecule has 1 aromatic carbocycles. The Bertz CT molecular complexity index is 337. The lowest BCUT2D eigenvalue weighted by Crippen LogP contribution is -2.27. The second-order valence-corrected chi connectivity index (χ2v) is 4.37. The lowest BCUT2D eigenvalue weighted by atomic mass is 9.91. The van der Waals surface area contributed by atoms with E-state index in [9.17, 15) is 0 Å². The third-order valence-corrected chi connectivity index (χ3v) is 3.37. The molecule has 0 bridgehead atoms. The topological polar surface area (TPSA) is 12.0 Å². The molecular formula is C14H19N. The van der Waals surface area contributed by atoms with Gasteiger partial charge in [-0.1, -0.05) is 43.8 Å². The van der Waals surface area contributed by atoms with E-state index in [1.807, 2.05) is 6.08 Å². The summed E-state index contributed by atoms with van der Waals surface area (Å²) in [6.07, 6.45) is 4.54. The summed E-state index contributed by atoms with van der Waals surface area (Å²) in [6, 6.07) is 9.35. The molecule has 1 N–H and O–H groups in total. The van der Waals surface area contributed by atoms with Gasteiger partial charge in [0.05, 0.1) is 0 Å². The maximum absolute atomic E-state index is 3.81. The van der Waals surface area contributed by atoms with E-state index in [1.54, 1.807) is 0 Å². The van der Waals surface area contributed by atoms with Crippen molar-refractivity contribution in [2.24, 2.45) is 0 Å². The minimum absolute atomic E-state index is 0.604. The summed E-state index contributed by atoms with van der Waals surface area (Å²) in [5.74, 6) is 0.604. The Morgan fingerprint density at radius 3 is 3.07 bits per heavy atom. The predicted molar refractivity (Wildman–Crippen MR) is 66.0 cm³/mol. The Morgan fingerprint density at radius 2 is 2.40 bits per heavy atom. The van der Waals surface area contributed by atoms with Gasteiger partial charge in [0.25, 0.3) is 0 Å². The summed E-state index contributed by atoms with van der Waals surface area (Å²) in [4.78, 5) is 0. The van der Waals surface area contributed by atoms with Crippen molar-refractivity contribution in [1.29, 1.82) is 0 Å². The van der Waals surface area contributed by atoms with E-state index in [1.165, 1.54) is 30.5 Å². The summed E-state index contributed by atoms with van der Waals surface area (Å²) in [5, 5.41) is 3.57. The fraction of sp³-hybridized carbons (Fsp3) is 0.429. The van der Waals surface area contributed by atoms with Crippen LogP contribution >= 0.6 is 0 Å². The molecule has 0 aromatic heterocycles. The van der Waals surface area contributed by atoms with Crippen LogP contribution in [0.5, 0.6) is 0 Å². The highest BCUT2D eigenvalue weighted by Gasteiger charge is 2.21. The normalized spacial score (nSPS) is 22.6. The predicted octanol–water partition coefficient (Wildman–Crippen LogP) is 3.19. The highest BCUT2D eigenvalue weighted by Crippen LogP contribution is 2.25. The average Bonchev–Trinajstić information content (AvgIpc) is 2.81. The molecule has 2 rings (SSSR count). The van der Waals surface area contributed by atoms with Gasteiger partial charge in [0.15, 0.2) is 0 Å². The molecule has 2 unspecified atom stereocenters. The van der Waals surface area contributed by atoms with Gasteiger partial charge in [0.2, 0.25) is 0 Å². The van der Waals surface area contributed by atoms with E-state index >= 15 is 0 Å². The number of nitrogens with one attached hydrogen (secondary N) is 1. The van der Waals surface area contributed by atoms with Gasteiger partial charge >= 0.3 is 0 Å². The molecule has 0 amide bonds. The summed E-state index contributed by atoms with van der Waals surface area (Å²) in [5.41, 5.74) is 2.64. The Labute approximate surface area is 92.2 Å². The van der Waals surface area contributed by atoms with E-state index in [4.69, 9.17) is 0 Å². The van der Waals surface area contributed by atoms with Gasteiger partial charge in [-0.15, -0.1) is 0 Å². The van der Waals surface area contributed by atoms with Gasteiger partial charge < -0.3 is 5.32 Å². The zero-order valence-corrected chi connectivity index (χ0v) is 9.37. The van der Waals surface area contributed by atoms with Crippen LogP contribution in [0.3, 0.4) is 0 Å². The van der Waals surface area contributed by atoms with Crippen LogP contribution in [0.2, 0.25) is 0 Å². The van der Waals surface area contributed by atoms with Crippen molar-refractivity contribution < 1.29 is 0 Å². The summed E-state index contributed by atoms with van der Waals surface area (Å²) in [6.45, 7) is 7.30. The van der Waals surface area contributed by atoms with Crippen LogP contribution in [0, 0.1) is 0 Å². The smallest absolute Gasteiger partial charge is 0.0134 e. The largest absolute Gasteiger partial charge is 0.313 e. The van der Waals surface area contributed by atoms with Gasteiger partial charge in [-0.25, -0.2) is 0 Å². The van der Waals surface area contributed by atoms with E-state index in [0.29, 0.717) is 12.0 Å². The zero-order chi connectivity index (χ0) is 10.7. The molecule has 1 saturated heterocycles. The van der Waals surface area contributed by atoms with E-state index in [2.05, 4.69) is 43.1 Å². The van der Waals surface area contributed by atoms with Crippen LogP contribution in [-0.4, -0.2) is 12.6 Å². The van der Waals surface area contributed by atoms with Gasteiger partial charge in [-0.2, -0.15) is 0 Å². The zero-order valence-electron chi connectivity index (χ0n) is 9.37. The Morgan fingerprint density at radius 1 is 1.53 bits per heavy atom. The Kier molecular flexibility index (Phi) is 3.22. The van der Waals surface area contributed by atoms with Crippen LogP contribution in [0.25, 0.3) is 6.08 Å². The Balaban J connectivity index is 2.16. The van der Waals surface area contributed by atoms with Gasteiger partial charge in [0.1, 0.15) is 0 Å². The maximum Gasteiger partial charge on any atom is 0.0134 e. The first-order valence-corrected chi connectivity index (χ1v) is 5.77. The molecule has 1 fully saturated rings. The van der Waals surface area contributed by atoms with E-state index < -0.39 is 0 Å². The first kappa shape index (κ1) is 10.4. The fourth-order valence-corrected chi connectivity index (χ4v) is 2.34. The fourth-order valence-electron chi connectivity index (χ4n) is 2.34. The second-order valence-electron chi connectivity index (χ2n) is 4.37. The quantitative estimate of drug-likeness (QED) is 0.792. The third-order valence-electron chi connectivity index (χ3n) is 3.37. The standard InChI is InChI=1S/C14H19N/c1-3-12-6-4-7-13(10-12)11(2)14-8-5-9-15-14/h3-4,6-7,10-11,14-15H,1,5,8-9H2,2H3. The SMILES string of the molecule is C=Cc1cccc(C(C)C2CCCN2)c1. The number of benzene rings is 1. The maximum atomic E-state index is 3.81. The molecule has 1 heteroatoms. The molecule has 1 aliphatic rings. The van der Waals surface area contributed by atoms with Crippen LogP contribution in [0.1, 0.15) is 36.8 Å². The minimum atomic E-state index is 0.604. The molecule has 1 aromatic rings. The molecule has 0 aliphatic carbocycles. The molecule has 1 aliphatic heterocycles. The number of hydrogen-bond acceptors (Lipinski definition) is 1. The monoisotopic (exact) mass is 201 g/mol. The Hall–Kier alpha value is -1.08. The number of hydrogen-bond donors (Lipinski definition) is 1. The molecule has 2 atom stereocenters. The highest BCUT2D eigenvalue weighted by atomic mass is 14.9.